The number of nitrogens with zero attached hydrogens (tertiary/aromatic N) is 3. The standard InChI is InChI=1S/C15H16N4O4/c1-10-14(18-23-17-10)16-15(21)12-8-22-9-13(20)19(12)7-11-5-3-2-4-6-11/h2-6,12H,7-9H2,1H3,(H,16,18,21)/t12-/m1/s1. The lowest BCUT2D eigenvalue weighted by atomic mass is 10.1. The van der Waals surface area contributed by atoms with Crippen LogP contribution >= 0.6 is 0 Å². The molecule has 1 aromatic heterocycles. The van der Waals surface area contributed by atoms with Crippen molar-refractivity contribution < 1.29 is 19.0 Å². The molecular formula is C15H16N4O4. The molecule has 23 heavy (non-hydrogen) atoms. The Kier molecular flexibility index (Phi) is 4.33. The second-order valence-corrected chi connectivity index (χ2v) is 5.23. The van der Waals surface area contributed by atoms with Gasteiger partial charge in [-0.1, -0.05) is 35.5 Å². The van der Waals surface area contributed by atoms with Gasteiger partial charge in [-0.05, 0) is 17.6 Å². The van der Waals surface area contributed by atoms with Crippen LogP contribution in [0.4, 0.5) is 5.82 Å². The van der Waals surface area contributed by atoms with E-state index in [2.05, 4.69) is 20.3 Å². The molecule has 1 aliphatic heterocycles. The van der Waals surface area contributed by atoms with Gasteiger partial charge in [-0.15, -0.1) is 0 Å². The van der Waals surface area contributed by atoms with Crippen LogP contribution in [-0.4, -0.2) is 46.3 Å². The molecule has 8 nitrogen and oxygen atoms in total. The predicted molar refractivity (Wildman–Crippen MR) is 79.3 cm³/mol. The molecule has 8 heteroatoms. The van der Waals surface area contributed by atoms with Crippen LogP contribution in [0.3, 0.4) is 0 Å². The molecule has 1 aliphatic rings. The Morgan fingerprint density at radius 2 is 2.13 bits per heavy atom. The monoisotopic (exact) mass is 316 g/mol. The molecule has 0 bridgehead atoms. The van der Waals surface area contributed by atoms with E-state index in [1.165, 1.54) is 4.90 Å². The molecule has 1 fully saturated rings. The van der Waals surface area contributed by atoms with Gasteiger partial charge in [0.05, 0.1) is 6.61 Å². The number of hydrogen-bond donors (Lipinski definition) is 1. The van der Waals surface area contributed by atoms with Crippen LogP contribution in [0, 0.1) is 6.92 Å². The average Bonchev–Trinajstić information content (AvgIpc) is 2.95. The number of nitrogens with one attached hydrogen (secondary N) is 1. The quantitative estimate of drug-likeness (QED) is 0.893. The first-order chi connectivity index (χ1) is 11.1. The zero-order valence-corrected chi connectivity index (χ0v) is 12.6. The van der Waals surface area contributed by atoms with Gasteiger partial charge in [0, 0.05) is 6.54 Å². The van der Waals surface area contributed by atoms with Crippen LogP contribution in [-0.2, 0) is 20.9 Å². The molecule has 2 amide bonds. The van der Waals surface area contributed by atoms with Crippen molar-refractivity contribution >= 4 is 17.6 Å². The molecule has 3 rings (SSSR count). The second-order valence-electron chi connectivity index (χ2n) is 5.23. The van der Waals surface area contributed by atoms with Crippen LogP contribution < -0.4 is 5.32 Å². The Balaban J connectivity index is 1.76. The lowest BCUT2D eigenvalue weighted by molar-refractivity contribution is -0.154. The summed E-state index contributed by atoms with van der Waals surface area (Å²) >= 11 is 0. The highest BCUT2D eigenvalue weighted by Gasteiger charge is 2.34. The summed E-state index contributed by atoms with van der Waals surface area (Å²) in [5.41, 5.74) is 1.41. The molecular weight excluding hydrogens is 300 g/mol. The van der Waals surface area contributed by atoms with Crippen molar-refractivity contribution in [3.05, 3.63) is 41.6 Å². The van der Waals surface area contributed by atoms with Gasteiger partial charge in [0.1, 0.15) is 18.3 Å². The van der Waals surface area contributed by atoms with E-state index in [0.717, 1.165) is 5.56 Å². The number of carbonyl (C=O) groups excluding carboxylic acids is 2. The molecule has 1 saturated heterocycles. The fourth-order valence-corrected chi connectivity index (χ4v) is 2.35. The van der Waals surface area contributed by atoms with Crippen LogP contribution in [0.25, 0.3) is 0 Å². The number of morpholine rings is 1. The Labute approximate surface area is 132 Å². The summed E-state index contributed by atoms with van der Waals surface area (Å²) in [5, 5.41) is 9.84. The van der Waals surface area contributed by atoms with Crippen LogP contribution in [0.5, 0.6) is 0 Å². The van der Waals surface area contributed by atoms with Crippen molar-refractivity contribution in [2.45, 2.75) is 19.5 Å². The van der Waals surface area contributed by atoms with Gasteiger partial charge in [-0.2, -0.15) is 0 Å². The van der Waals surface area contributed by atoms with Gasteiger partial charge in [-0.25, -0.2) is 4.63 Å². The summed E-state index contributed by atoms with van der Waals surface area (Å²) in [6.45, 7) is 2.11. The van der Waals surface area contributed by atoms with Gasteiger partial charge in [-0.3, -0.25) is 9.59 Å². The van der Waals surface area contributed by atoms with Crippen molar-refractivity contribution in [1.29, 1.82) is 0 Å². The van der Waals surface area contributed by atoms with E-state index in [4.69, 9.17) is 4.74 Å². The van der Waals surface area contributed by atoms with E-state index < -0.39 is 6.04 Å². The summed E-state index contributed by atoms with van der Waals surface area (Å²) in [7, 11) is 0. The number of hydrogen-bond acceptors (Lipinski definition) is 6. The molecule has 0 saturated carbocycles. The van der Waals surface area contributed by atoms with Crippen molar-refractivity contribution in [3.63, 3.8) is 0 Å². The maximum absolute atomic E-state index is 12.5. The molecule has 0 radical (unpaired) electrons. The number of ether oxygens (including phenoxy) is 1. The first-order valence-corrected chi connectivity index (χ1v) is 7.16. The van der Waals surface area contributed by atoms with Gasteiger partial charge >= 0.3 is 0 Å². The maximum Gasteiger partial charge on any atom is 0.250 e. The highest BCUT2D eigenvalue weighted by molar-refractivity contribution is 5.97. The maximum atomic E-state index is 12.5. The lowest BCUT2D eigenvalue weighted by Crippen LogP contribution is -2.54. The van der Waals surface area contributed by atoms with Gasteiger partial charge in [0.2, 0.25) is 5.91 Å². The minimum atomic E-state index is -0.729. The van der Waals surface area contributed by atoms with Gasteiger partial charge in [0.15, 0.2) is 5.82 Å². The number of amides is 2. The van der Waals surface area contributed by atoms with Crippen molar-refractivity contribution in [2.75, 3.05) is 18.5 Å². The summed E-state index contributed by atoms with van der Waals surface area (Å²) in [6.07, 6.45) is 0. The molecule has 0 unspecified atom stereocenters. The minimum Gasteiger partial charge on any atom is -0.369 e. The molecule has 1 N–H and O–H groups in total. The van der Waals surface area contributed by atoms with Crippen molar-refractivity contribution in [2.24, 2.45) is 0 Å². The zero-order valence-electron chi connectivity index (χ0n) is 12.6. The van der Waals surface area contributed by atoms with E-state index in [-0.39, 0.29) is 30.8 Å². The highest BCUT2D eigenvalue weighted by Crippen LogP contribution is 2.16. The molecule has 2 heterocycles. The molecule has 0 spiro atoms. The Hall–Kier alpha value is -2.74. The van der Waals surface area contributed by atoms with E-state index >= 15 is 0 Å². The van der Waals surface area contributed by atoms with E-state index in [1.807, 2.05) is 30.3 Å². The number of carbonyl (C=O) groups is 2. The SMILES string of the molecule is Cc1nonc1NC(=O)[C@H]1COCC(=O)N1Cc1ccccc1. The third-order valence-corrected chi connectivity index (χ3v) is 3.59. The van der Waals surface area contributed by atoms with Crippen LogP contribution in [0.15, 0.2) is 35.0 Å². The van der Waals surface area contributed by atoms with Gasteiger partial charge < -0.3 is 15.0 Å². The fraction of sp³-hybridized carbons (Fsp3) is 0.333. The van der Waals surface area contributed by atoms with E-state index in [0.29, 0.717) is 12.2 Å². The zero-order chi connectivity index (χ0) is 16.2. The molecule has 1 atom stereocenters. The first-order valence-electron chi connectivity index (χ1n) is 7.16. The summed E-state index contributed by atoms with van der Waals surface area (Å²) in [6, 6.07) is 8.76. The Morgan fingerprint density at radius 1 is 1.35 bits per heavy atom. The minimum absolute atomic E-state index is 0.0266. The average molecular weight is 316 g/mol. The second kappa shape index (κ2) is 6.57. The van der Waals surface area contributed by atoms with Crippen LogP contribution in [0.1, 0.15) is 11.3 Å². The normalized spacial score (nSPS) is 18.0. The fourth-order valence-electron chi connectivity index (χ4n) is 2.35. The third kappa shape index (κ3) is 3.37. The Morgan fingerprint density at radius 3 is 2.83 bits per heavy atom. The number of rotatable bonds is 4. The smallest absolute Gasteiger partial charge is 0.250 e. The van der Waals surface area contributed by atoms with Crippen molar-refractivity contribution in [1.82, 2.24) is 15.2 Å². The molecule has 0 aliphatic carbocycles. The molecule has 1 aromatic carbocycles. The summed E-state index contributed by atoms with van der Waals surface area (Å²) < 4.78 is 9.77. The van der Waals surface area contributed by atoms with E-state index in [9.17, 15) is 9.59 Å². The Bertz CT molecular complexity index is 701. The predicted octanol–water partition coefficient (Wildman–Crippen LogP) is 0.744. The highest BCUT2D eigenvalue weighted by atomic mass is 16.6. The van der Waals surface area contributed by atoms with Crippen LogP contribution in [0.2, 0.25) is 0 Å². The number of aromatic nitrogens is 2. The topological polar surface area (TPSA) is 97.6 Å². The first kappa shape index (κ1) is 15.2. The number of benzene rings is 1. The van der Waals surface area contributed by atoms with Crippen molar-refractivity contribution in [3.8, 4) is 0 Å². The van der Waals surface area contributed by atoms with E-state index in [1.54, 1.807) is 6.92 Å². The summed E-state index contributed by atoms with van der Waals surface area (Å²) in [4.78, 5) is 26.1. The number of anilines is 1. The largest absolute Gasteiger partial charge is 0.369 e. The lowest BCUT2D eigenvalue weighted by Gasteiger charge is -2.34. The number of aryl methyl sites for hydroxylation is 1. The molecule has 2 aromatic rings. The van der Waals surface area contributed by atoms with Gasteiger partial charge in [0.25, 0.3) is 5.91 Å². The summed E-state index contributed by atoms with van der Waals surface area (Å²) in [5.74, 6) is -0.365. The molecule has 120 valence electrons. The third-order valence-electron chi connectivity index (χ3n) is 3.59.